The van der Waals surface area contributed by atoms with Crippen LogP contribution in [0, 0.1) is 0 Å². The molecule has 1 atom stereocenters. The van der Waals surface area contributed by atoms with Gasteiger partial charge in [-0.2, -0.15) is 0 Å². The zero-order chi connectivity index (χ0) is 17.1. The molecule has 0 aromatic heterocycles. The van der Waals surface area contributed by atoms with E-state index in [9.17, 15) is 4.79 Å². The summed E-state index contributed by atoms with van der Waals surface area (Å²) in [5.41, 5.74) is 3.34. The van der Waals surface area contributed by atoms with Gasteiger partial charge in [-0.15, -0.1) is 0 Å². The zero-order valence-electron chi connectivity index (χ0n) is 13.8. The summed E-state index contributed by atoms with van der Waals surface area (Å²) in [6.07, 6.45) is 0.825. The van der Waals surface area contributed by atoms with E-state index in [2.05, 4.69) is 28.1 Å². The van der Waals surface area contributed by atoms with Crippen molar-refractivity contribution < 1.29 is 9.53 Å². The van der Waals surface area contributed by atoms with Crippen LogP contribution in [0.3, 0.4) is 0 Å². The molecule has 0 N–H and O–H groups in total. The van der Waals surface area contributed by atoms with Crippen LogP contribution < -0.4 is 4.74 Å². The van der Waals surface area contributed by atoms with Gasteiger partial charge in [0.1, 0.15) is 5.75 Å². The molecule has 0 aliphatic carbocycles. The Labute approximate surface area is 151 Å². The Morgan fingerprint density at radius 3 is 2.42 bits per heavy atom. The van der Waals surface area contributed by atoms with Crippen LogP contribution in [0.25, 0.3) is 0 Å². The fourth-order valence-corrected chi connectivity index (χ4v) is 3.42. The molecule has 124 valence electrons. The molecule has 0 bridgehead atoms. The number of rotatable bonds is 4. The lowest BCUT2D eigenvalue weighted by atomic mass is 9.93. The van der Waals surface area contributed by atoms with Crippen molar-refractivity contribution in [2.75, 3.05) is 7.11 Å². The lowest BCUT2D eigenvalue weighted by Gasteiger charge is -2.36. The number of nitrogens with zero attached hydrogens (tertiary/aromatic N) is 1. The van der Waals surface area contributed by atoms with Crippen molar-refractivity contribution in [3.63, 3.8) is 0 Å². The van der Waals surface area contributed by atoms with Crippen molar-refractivity contribution in [2.45, 2.75) is 25.9 Å². The van der Waals surface area contributed by atoms with Gasteiger partial charge in [0.2, 0.25) is 0 Å². The molecule has 1 unspecified atom stereocenters. The number of carbonyl (C=O) groups is 1. The summed E-state index contributed by atoms with van der Waals surface area (Å²) in [4.78, 5) is 14.8. The third-order valence-electron chi connectivity index (χ3n) is 4.40. The number of ether oxygens (including phenoxy) is 1. The van der Waals surface area contributed by atoms with E-state index in [0.29, 0.717) is 11.0 Å². The highest BCUT2D eigenvalue weighted by Crippen LogP contribution is 2.38. The predicted molar refractivity (Wildman–Crippen MR) is 99.0 cm³/mol. The van der Waals surface area contributed by atoms with Crippen LogP contribution in [-0.4, -0.2) is 17.9 Å². The van der Waals surface area contributed by atoms with Crippen LogP contribution in [-0.2, 0) is 11.3 Å². The normalized spacial score (nSPS) is 18.0. The minimum Gasteiger partial charge on any atom is -0.497 e. The topological polar surface area (TPSA) is 29.5 Å². The van der Waals surface area contributed by atoms with E-state index in [1.807, 2.05) is 54.3 Å². The van der Waals surface area contributed by atoms with E-state index in [-0.39, 0.29) is 11.9 Å². The van der Waals surface area contributed by atoms with E-state index in [1.54, 1.807) is 7.11 Å². The van der Waals surface area contributed by atoms with E-state index < -0.39 is 0 Å². The first-order valence-electron chi connectivity index (χ1n) is 7.94. The second-order valence-electron chi connectivity index (χ2n) is 6.01. The number of carbonyl (C=O) groups excluding carboxylic acids is 1. The molecule has 2 aromatic rings. The van der Waals surface area contributed by atoms with Crippen molar-refractivity contribution in [2.24, 2.45) is 0 Å². The first-order valence-corrected chi connectivity index (χ1v) is 8.73. The highest BCUT2D eigenvalue weighted by atomic mass is 79.9. The first kappa shape index (κ1) is 16.8. The third-order valence-corrected chi connectivity index (χ3v) is 5.41. The molecule has 0 spiro atoms. The van der Waals surface area contributed by atoms with Gasteiger partial charge in [-0.25, -0.2) is 0 Å². The summed E-state index contributed by atoms with van der Waals surface area (Å²) in [5.74, 6) is 0.868. The molecular formula is C20H20BrNO2. The van der Waals surface area contributed by atoms with Gasteiger partial charge in [-0.05, 0) is 52.5 Å². The number of hydrogen-bond donors (Lipinski definition) is 0. The summed E-state index contributed by atoms with van der Waals surface area (Å²) in [6, 6.07) is 18.1. The van der Waals surface area contributed by atoms with Crippen molar-refractivity contribution in [3.05, 3.63) is 75.8 Å². The summed E-state index contributed by atoms with van der Waals surface area (Å²) in [5, 5.41) is 0. The molecule has 3 rings (SSSR count). The maximum absolute atomic E-state index is 12.8. The molecule has 1 aliphatic rings. The molecule has 0 saturated carbocycles. The molecule has 4 heteroatoms. The van der Waals surface area contributed by atoms with Gasteiger partial charge in [-0.3, -0.25) is 4.79 Å². The number of benzene rings is 2. The van der Waals surface area contributed by atoms with Gasteiger partial charge >= 0.3 is 0 Å². The van der Waals surface area contributed by atoms with Crippen molar-refractivity contribution in [1.82, 2.24) is 4.90 Å². The molecule has 3 nitrogen and oxygen atoms in total. The maximum Gasteiger partial charge on any atom is 0.261 e. The van der Waals surface area contributed by atoms with Gasteiger partial charge in [-0.1, -0.05) is 48.0 Å². The largest absolute Gasteiger partial charge is 0.497 e. The molecule has 0 saturated heterocycles. The highest BCUT2D eigenvalue weighted by molar-refractivity contribution is 9.12. The SMILES string of the molecule is COc1ccc(C2CC(C)=C(Br)C(=O)N2Cc2ccccc2)cc1. The van der Waals surface area contributed by atoms with Crippen molar-refractivity contribution in [1.29, 1.82) is 0 Å². The molecule has 0 radical (unpaired) electrons. The summed E-state index contributed by atoms with van der Waals surface area (Å²) in [6.45, 7) is 2.61. The molecule has 24 heavy (non-hydrogen) atoms. The van der Waals surface area contributed by atoms with Crippen LogP contribution in [0.1, 0.15) is 30.5 Å². The number of amides is 1. The molecule has 0 fully saturated rings. The van der Waals surface area contributed by atoms with Crippen LogP contribution in [0.5, 0.6) is 5.75 Å². The van der Waals surface area contributed by atoms with E-state index in [1.165, 1.54) is 0 Å². The average Bonchev–Trinajstić information content (AvgIpc) is 2.63. The lowest BCUT2D eigenvalue weighted by Crippen LogP contribution is -2.38. The number of methoxy groups -OCH3 is 1. The quantitative estimate of drug-likeness (QED) is 0.753. The van der Waals surface area contributed by atoms with Gasteiger partial charge in [0.25, 0.3) is 5.91 Å². The molecule has 2 aromatic carbocycles. The molecule has 1 heterocycles. The Hall–Kier alpha value is -2.07. The highest BCUT2D eigenvalue weighted by Gasteiger charge is 2.32. The Kier molecular flexibility index (Phi) is 5.05. The Balaban J connectivity index is 1.95. The minimum atomic E-state index is 0.0323. The summed E-state index contributed by atoms with van der Waals surface area (Å²) < 4.78 is 5.92. The number of halogens is 1. The van der Waals surface area contributed by atoms with Crippen LogP contribution in [0.4, 0.5) is 0 Å². The van der Waals surface area contributed by atoms with Crippen LogP contribution in [0.15, 0.2) is 64.7 Å². The molecule has 1 amide bonds. The minimum absolute atomic E-state index is 0.0323. The average molecular weight is 386 g/mol. The maximum atomic E-state index is 12.8. The van der Waals surface area contributed by atoms with E-state index in [4.69, 9.17) is 4.74 Å². The molecular weight excluding hydrogens is 366 g/mol. The third kappa shape index (κ3) is 3.39. The standard InChI is InChI=1S/C20H20BrNO2/c1-14-12-18(16-8-10-17(24-2)11-9-16)22(20(23)19(14)21)13-15-6-4-3-5-7-15/h3-11,18H,12-13H2,1-2H3. The van der Waals surface area contributed by atoms with Crippen LogP contribution in [0.2, 0.25) is 0 Å². The Morgan fingerprint density at radius 1 is 1.12 bits per heavy atom. The fourth-order valence-electron chi connectivity index (χ4n) is 3.03. The smallest absolute Gasteiger partial charge is 0.261 e. The summed E-state index contributed by atoms with van der Waals surface area (Å²) in [7, 11) is 1.66. The van der Waals surface area contributed by atoms with Gasteiger partial charge < -0.3 is 9.64 Å². The van der Waals surface area contributed by atoms with E-state index >= 15 is 0 Å². The number of hydrogen-bond acceptors (Lipinski definition) is 2. The second kappa shape index (κ2) is 7.22. The monoisotopic (exact) mass is 385 g/mol. The zero-order valence-corrected chi connectivity index (χ0v) is 15.4. The van der Waals surface area contributed by atoms with Gasteiger partial charge in [0.15, 0.2) is 0 Å². The predicted octanol–water partition coefficient (Wildman–Crippen LogP) is 4.84. The van der Waals surface area contributed by atoms with Crippen LogP contribution >= 0.6 is 15.9 Å². The fraction of sp³-hybridized carbons (Fsp3) is 0.250. The Morgan fingerprint density at radius 2 is 1.79 bits per heavy atom. The van der Waals surface area contributed by atoms with Gasteiger partial charge in [0.05, 0.1) is 17.6 Å². The van der Waals surface area contributed by atoms with Gasteiger partial charge in [0, 0.05) is 6.54 Å². The van der Waals surface area contributed by atoms with Crippen molar-refractivity contribution >= 4 is 21.8 Å². The van der Waals surface area contributed by atoms with Crippen molar-refractivity contribution in [3.8, 4) is 5.75 Å². The lowest BCUT2D eigenvalue weighted by molar-refractivity contribution is -0.130. The first-order chi connectivity index (χ1) is 11.6. The van der Waals surface area contributed by atoms with E-state index in [0.717, 1.165) is 28.9 Å². The summed E-state index contributed by atoms with van der Waals surface area (Å²) >= 11 is 3.46. The Bertz CT molecular complexity index is 753. The second-order valence-corrected chi connectivity index (χ2v) is 6.80. The molecule has 1 aliphatic heterocycles.